The topological polar surface area (TPSA) is 78.9 Å². The maximum Gasteiger partial charge on any atom is 0.237 e. The zero-order chi connectivity index (χ0) is 14.5. The van der Waals surface area contributed by atoms with Crippen LogP contribution in [0.3, 0.4) is 0 Å². The molecule has 0 radical (unpaired) electrons. The summed E-state index contributed by atoms with van der Waals surface area (Å²) >= 11 is 3.11. The van der Waals surface area contributed by atoms with Crippen LogP contribution in [0.1, 0.15) is 5.89 Å². The van der Waals surface area contributed by atoms with E-state index in [1.165, 1.54) is 11.8 Å². The fraction of sp³-hybridized carbons (Fsp3) is 0.333. The maximum atomic E-state index is 5.25. The first-order valence-electron chi connectivity index (χ1n) is 6.21. The van der Waals surface area contributed by atoms with E-state index in [1.54, 1.807) is 24.8 Å². The van der Waals surface area contributed by atoms with E-state index in [0.717, 1.165) is 17.3 Å². The highest BCUT2D eigenvalue weighted by Crippen LogP contribution is 2.23. The maximum absolute atomic E-state index is 5.25. The molecule has 9 heteroatoms. The van der Waals surface area contributed by atoms with Crippen LogP contribution in [0.25, 0.3) is 11.4 Å². The molecule has 0 unspecified atom stereocenters. The Morgan fingerprint density at radius 1 is 1.48 bits per heavy atom. The van der Waals surface area contributed by atoms with Crippen LogP contribution < -0.4 is 0 Å². The van der Waals surface area contributed by atoms with E-state index >= 15 is 0 Å². The van der Waals surface area contributed by atoms with Crippen LogP contribution in [-0.2, 0) is 17.0 Å². The quantitative estimate of drug-likeness (QED) is 0.617. The number of thioether (sulfide) groups is 1. The average Bonchev–Trinajstić information content (AvgIpc) is 3.22. The average molecular weight is 323 g/mol. The van der Waals surface area contributed by atoms with Crippen molar-refractivity contribution in [2.45, 2.75) is 17.5 Å². The Morgan fingerprint density at radius 2 is 2.43 bits per heavy atom. The van der Waals surface area contributed by atoms with Gasteiger partial charge in [0.15, 0.2) is 5.16 Å². The fourth-order valence-electron chi connectivity index (χ4n) is 1.65. The third-order valence-corrected chi connectivity index (χ3v) is 4.34. The summed E-state index contributed by atoms with van der Waals surface area (Å²) in [6, 6.07) is 1.97. The molecule has 0 fully saturated rings. The monoisotopic (exact) mass is 323 g/mol. The highest BCUT2D eigenvalue weighted by molar-refractivity contribution is 7.98. The van der Waals surface area contributed by atoms with E-state index in [2.05, 4.69) is 20.3 Å². The molecule has 0 atom stereocenters. The van der Waals surface area contributed by atoms with E-state index in [-0.39, 0.29) is 0 Å². The lowest BCUT2D eigenvalue weighted by atomic mass is 10.3. The molecule has 0 amide bonds. The van der Waals surface area contributed by atoms with Crippen LogP contribution in [-0.4, -0.2) is 38.6 Å². The van der Waals surface area contributed by atoms with Crippen molar-refractivity contribution >= 4 is 23.1 Å². The molecule has 0 aliphatic carbocycles. The first-order valence-corrected chi connectivity index (χ1v) is 8.14. The van der Waals surface area contributed by atoms with Crippen LogP contribution >= 0.6 is 23.1 Å². The second-order valence-electron chi connectivity index (χ2n) is 4.11. The lowest BCUT2D eigenvalue weighted by Crippen LogP contribution is -2.04. The molecule has 3 aromatic heterocycles. The zero-order valence-electron chi connectivity index (χ0n) is 11.3. The first kappa shape index (κ1) is 14.2. The lowest BCUT2D eigenvalue weighted by Gasteiger charge is -2.03. The minimum absolute atomic E-state index is 0.558. The number of hydrogen-bond acceptors (Lipinski definition) is 8. The summed E-state index contributed by atoms with van der Waals surface area (Å²) < 4.78 is 12.2. The smallest absolute Gasteiger partial charge is 0.237 e. The predicted octanol–water partition coefficient (Wildman–Crippen LogP) is 2.33. The molecule has 3 rings (SSSR count). The highest BCUT2D eigenvalue weighted by atomic mass is 32.2. The molecule has 3 heterocycles. The minimum atomic E-state index is 0.558. The molecule has 0 aliphatic heterocycles. The van der Waals surface area contributed by atoms with Crippen LogP contribution in [0.5, 0.6) is 0 Å². The molecule has 0 aliphatic rings. The molecule has 0 saturated heterocycles. The summed E-state index contributed by atoms with van der Waals surface area (Å²) in [6.07, 6.45) is 1.69. The van der Waals surface area contributed by atoms with Gasteiger partial charge in [0.1, 0.15) is 6.33 Å². The number of aromatic nitrogens is 5. The van der Waals surface area contributed by atoms with Gasteiger partial charge in [-0.3, -0.25) is 0 Å². The van der Waals surface area contributed by atoms with Gasteiger partial charge in [-0.15, -0.1) is 10.2 Å². The van der Waals surface area contributed by atoms with Gasteiger partial charge in [0.2, 0.25) is 11.7 Å². The third-order valence-electron chi connectivity index (χ3n) is 2.69. The Hall–Kier alpha value is -1.71. The van der Waals surface area contributed by atoms with Gasteiger partial charge in [-0.05, 0) is 11.4 Å². The van der Waals surface area contributed by atoms with Crippen LogP contribution in [0.15, 0.2) is 32.8 Å². The number of nitrogens with zero attached hydrogens (tertiary/aromatic N) is 5. The SMILES string of the molecule is COCCn1cnnc1SCc1nc(-c2ccsc2)no1. The zero-order valence-corrected chi connectivity index (χ0v) is 12.9. The van der Waals surface area contributed by atoms with E-state index in [0.29, 0.717) is 24.1 Å². The van der Waals surface area contributed by atoms with Gasteiger partial charge in [-0.2, -0.15) is 16.3 Å². The highest BCUT2D eigenvalue weighted by Gasteiger charge is 2.11. The summed E-state index contributed by atoms with van der Waals surface area (Å²) in [6.45, 7) is 1.34. The van der Waals surface area contributed by atoms with Crippen LogP contribution in [0.2, 0.25) is 0 Å². The molecule has 0 N–H and O–H groups in total. The van der Waals surface area contributed by atoms with Gasteiger partial charge in [-0.1, -0.05) is 16.9 Å². The van der Waals surface area contributed by atoms with Crippen molar-refractivity contribution in [1.82, 2.24) is 24.9 Å². The molecular weight excluding hydrogens is 310 g/mol. The summed E-state index contributed by atoms with van der Waals surface area (Å²) in [5.74, 6) is 1.75. The number of methoxy groups -OCH3 is 1. The number of rotatable bonds is 7. The summed E-state index contributed by atoms with van der Waals surface area (Å²) in [5, 5.41) is 16.7. The molecule has 110 valence electrons. The van der Waals surface area contributed by atoms with Crippen molar-refractivity contribution in [1.29, 1.82) is 0 Å². The van der Waals surface area contributed by atoms with Crippen molar-refractivity contribution in [3.8, 4) is 11.4 Å². The van der Waals surface area contributed by atoms with Crippen molar-refractivity contribution in [3.63, 3.8) is 0 Å². The van der Waals surface area contributed by atoms with Crippen LogP contribution in [0, 0.1) is 0 Å². The minimum Gasteiger partial charge on any atom is -0.383 e. The van der Waals surface area contributed by atoms with E-state index in [4.69, 9.17) is 9.26 Å². The third kappa shape index (κ3) is 3.49. The Bertz CT molecular complexity index is 679. The second-order valence-corrected chi connectivity index (χ2v) is 5.83. The number of hydrogen-bond donors (Lipinski definition) is 0. The Kier molecular flexibility index (Phi) is 4.63. The molecule has 7 nitrogen and oxygen atoms in total. The Morgan fingerprint density at radius 3 is 3.24 bits per heavy atom. The van der Waals surface area contributed by atoms with E-state index < -0.39 is 0 Å². The summed E-state index contributed by atoms with van der Waals surface area (Å²) in [4.78, 5) is 4.37. The van der Waals surface area contributed by atoms with Crippen molar-refractivity contribution in [2.75, 3.05) is 13.7 Å². The van der Waals surface area contributed by atoms with E-state index in [1.807, 2.05) is 21.4 Å². The van der Waals surface area contributed by atoms with Crippen molar-refractivity contribution < 1.29 is 9.26 Å². The number of ether oxygens (including phenoxy) is 1. The van der Waals surface area contributed by atoms with Crippen molar-refractivity contribution in [3.05, 3.63) is 29.0 Å². The first-order chi connectivity index (χ1) is 10.4. The molecule has 0 bridgehead atoms. The predicted molar refractivity (Wildman–Crippen MR) is 79.1 cm³/mol. The van der Waals surface area contributed by atoms with Gasteiger partial charge in [-0.25, -0.2) is 0 Å². The normalized spacial score (nSPS) is 11.1. The Balaban J connectivity index is 1.62. The number of thiophene rings is 1. The van der Waals surface area contributed by atoms with Gasteiger partial charge in [0, 0.05) is 24.6 Å². The largest absolute Gasteiger partial charge is 0.383 e. The van der Waals surface area contributed by atoms with Crippen LogP contribution in [0.4, 0.5) is 0 Å². The second kappa shape index (κ2) is 6.83. The molecule has 0 spiro atoms. The summed E-state index contributed by atoms with van der Waals surface area (Å²) in [7, 11) is 1.67. The molecule has 0 aromatic carbocycles. The standard InChI is InChI=1S/C12H13N5O2S2/c1-18-4-3-17-8-13-15-12(17)21-7-10-14-11(16-19-10)9-2-5-20-6-9/h2,5-6,8H,3-4,7H2,1H3. The van der Waals surface area contributed by atoms with Gasteiger partial charge in [0.25, 0.3) is 0 Å². The summed E-state index contributed by atoms with van der Waals surface area (Å²) in [5.41, 5.74) is 0.975. The molecule has 21 heavy (non-hydrogen) atoms. The van der Waals surface area contributed by atoms with Gasteiger partial charge in [0.05, 0.1) is 12.4 Å². The fourth-order valence-corrected chi connectivity index (χ4v) is 3.06. The Labute approximate surface area is 129 Å². The van der Waals surface area contributed by atoms with E-state index in [9.17, 15) is 0 Å². The molecular formula is C12H13N5O2S2. The van der Waals surface area contributed by atoms with Gasteiger partial charge < -0.3 is 13.8 Å². The lowest BCUT2D eigenvalue weighted by molar-refractivity contribution is 0.184. The van der Waals surface area contributed by atoms with Gasteiger partial charge >= 0.3 is 0 Å². The molecule has 3 aromatic rings. The molecule has 0 saturated carbocycles. The van der Waals surface area contributed by atoms with Crippen molar-refractivity contribution in [2.24, 2.45) is 0 Å².